The molecule has 0 spiro atoms. The quantitative estimate of drug-likeness (QED) is 0.761. The van der Waals surface area contributed by atoms with Crippen LogP contribution in [0.4, 0.5) is 0 Å². The second kappa shape index (κ2) is 9.32. The van der Waals surface area contributed by atoms with E-state index in [1.54, 1.807) is 0 Å². The van der Waals surface area contributed by atoms with Gasteiger partial charge < -0.3 is 5.32 Å². The van der Waals surface area contributed by atoms with Crippen LogP contribution in [0.25, 0.3) is 0 Å². The Bertz CT molecular complexity index is 497. The van der Waals surface area contributed by atoms with E-state index in [1.165, 1.54) is 29.7 Å². The topological polar surface area (TPSA) is 64.0 Å². The third-order valence-corrected chi connectivity index (χ3v) is 3.63. The Morgan fingerprint density at radius 2 is 2.05 bits per heavy atom. The van der Waals surface area contributed by atoms with Gasteiger partial charge in [0.1, 0.15) is 5.69 Å². The third-order valence-electron chi connectivity index (χ3n) is 3.63. The zero-order valence-corrected chi connectivity index (χ0v) is 13.4. The molecular formula is C16H27N3O2. The van der Waals surface area contributed by atoms with Gasteiger partial charge in [0.2, 0.25) is 0 Å². The Labute approximate surface area is 126 Å². The average molecular weight is 293 g/mol. The van der Waals surface area contributed by atoms with Gasteiger partial charge in [0.15, 0.2) is 0 Å². The Morgan fingerprint density at radius 3 is 2.67 bits per heavy atom. The van der Waals surface area contributed by atoms with Gasteiger partial charge in [0.25, 0.3) is 11.5 Å². The fourth-order valence-corrected chi connectivity index (χ4v) is 2.21. The summed E-state index contributed by atoms with van der Waals surface area (Å²) in [7, 11) is 0. The highest BCUT2D eigenvalue weighted by Gasteiger charge is 2.12. The van der Waals surface area contributed by atoms with Crippen molar-refractivity contribution in [3.05, 3.63) is 28.2 Å². The van der Waals surface area contributed by atoms with Crippen LogP contribution in [0.15, 0.2) is 16.9 Å². The summed E-state index contributed by atoms with van der Waals surface area (Å²) in [6.45, 7) is 7.50. The van der Waals surface area contributed by atoms with Gasteiger partial charge in [-0.3, -0.25) is 9.59 Å². The zero-order chi connectivity index (χ0) is 15.7. The van der Waals surface area contributed by atoms with Gasteiger partial charge in [-0.2, -0.15) is 5.10 Å². The van der Waals surface area contributed by atoms with Crippen LogP contribution >= 0.6 is 0 Å². The Hall–Kier alpha value is -1.65. The molecule has 1 unspecified atom stereocenters. The number of amides is 1. The first-order valence-corrected chi connectivity index (χ1v) is 7.98. The molecule has 0 aromatic carbocycles. The summed E-state index contributed by atoms with van der Waals surface area (Å²) in [6, 6.07) is 2.91. The fraction of sp³-hybridized carbons (Fsp3) is 0.688. The molecule has 118 valence electrons. The van der Waals surface area contributed by atoms with Gasteiger partial charge in [-0.25, -0.2) is 4.68 Å². The molecule has 1 N–H and O–H groups in total. The highest BCUT2D eigenvalue weighted by Crippen LogP contribution is 2.11. The number of aryl methyl sites for hydroxylation is 1. The number of rotatable bonds is 9. The molecular weight excluding hydrogens is 266 g/mol. The molecule has 5 nitrogen and oxygen atoms in total. The lowest BCUT2D eigenvalue weighted by Gasteiger charge is -2.15. The van der Waals surface area contributed by atoms with Crippen LogP contribution < -0.4 is 10.9 Å². The second-order valence-corrected chi connectivity index (χ2v) is 5.41. The van der Waals surface area contributed by atoms with E-state index >= 15 is 0 Å². The molecule has 0 aliphatic heterocycles. The predicted molar refractivity (Wildman–Crippen MR) is 84.4 cm³/mol. The second-order valence-electron chi connectivity index (χ2n) is 5.41. The molecule has 0 radical (unpaired) electrons. The molecule has 1 rings (SSSR count). The molecule has 0 fully saturated rings. The molecule has 21 heavy (non-hydrogen) atoms. The summed E-state index contributed by atoms with van der Waals surface area (Å²) in [6.07, 6.45) is 5.37. The van der Waals surface area contributed by atoms with E-state index in [4.69, 9.17) is 0 Å². The Balaban J connectivity index is 2.62. The summed E-state index contributed by atoms with van der Waals surface area (Å²) in [4.78, 5) is 23.7. The average Bonchev–Trinajstić information content (AvgIpc) is 2.49. The van der Waals surface area contributed by atoms with E-state index in [1.807, 2.05) is 6.92 Å². The number of hydrogen-bond acceptors (Lipinski definition) is 3. The first-order valence-electron chi connectivity index (χ1n) is 7.98. The zero-order valence-electron chi connectivity index (χ0n) is 13.4. The van der Waals surface area contributed by atoms with Crippen molar-refractivity contribution in [3.8, 4) is 0 Å². The Kier molecular flexibility index (Phi) is 7.72. The van der Waals surface area contributed by atoms with Crippen LogP contribution in [-0.2, 0) is 6.54 Å². The Morgan fingerprint density at radius 1 is 1.29 bits per heavy atom. The number of nitrogens with one attached hydrogen (secondary N) is 1. The van der Waals surface area contributed by atoms with Gasteiger partial charge in [-0.1, -0.05) is 40.0 Å². The summed E-state index contributed by atoms with van der Waals surface area (Å²) >= 11 is 0. The number of hydrogen-bond donors (Lipinski definition) is 1. The molecule has 0 aliphatic carbocycles. The minimum absolute atomic E-state index is 0.164. The summed E-state index contributed by atoms with van der Waals surface area (Å²) in [5.74, 6) is 0.310. The lowest BCUT2D eigenvalue weighted by Crippen LogP contribution is -2.32. The molecule has 0 aliphatic rings. The predicted octanol–water partition coefficient (Wildman–Crippen LogP) is 2.60. The molecule has 0 saturated carbocycles. The molecule has 5 heteroatoms. The standard InChI is InChI=1S/C16H27N3O2/c1-4-7-8-13(6-3)12-17-16(21)14-9-10-15(20)19(18-14)11-5-2/h9-10,13H,4-8,11-12H2,1-3H3,(H,17,21). The minimum Gasteiger partial charge on any atom is -0.350 e. The van der Waals surface area contributed by atoms with Gasteiger partial charge in [0, 0.05) is 19.2 Å². The van der Waals surface area contributed by atoms with Crippen LogP contribution in [0.1, 0.15) is 63.4 Å². The van der Waals surface area contributed by atoms with Crippen LogP contribution in [0.2, 0.25) is 0 Å². The molecule has 0 bridgehead atoms. The van der Waals surface area contributed by atoms with E-state index in [2.05, 4.69) is 24.3 Å². The molecule has 0 saturated heterocycles. The highest BCUT2D eigenvalue weighted by molar-refractivity contribution is 5.91. The summed E-state index contributed by atoms with van der Waals surface area (Å²) in [5.41, 5.74) is 0.149. The molecule has 1 aromatic rings. The fourth-order valence-electron chi connectivity index (χ4n) is 2.21. The van der Waals surface area contributed by atoms with Crippen LogP contribution in [-0.4, -0.2) is 22.2 Å². The number of carbonyl (C=O) groups is 1. The monoisotopic (exact) mass is 293 g/mol. The van der Waals surface area contributed by atoms with E-state index in [0.29, 0.717) is 24.7 Å². The van der Waals surface area contributed by atoms with Crippen molar-refractivity contribution in [3.63, 3.8) is 0 Å². The summed E-state index contributed by atoms with van der Waals surface area (Å²) in [5, 5.41) is 7.05. The minimum atomic E-state index is -0.199. The first-order chi connectivity index (χ1) is 10.1. The lowest BCUT2D eigenvalue weighted by molar-refractivity contribution is 0.0938. The van der Waals surface area contributed by atoms with Crippen LogP contribution in [0, 0.1) is 5.92 Å². The van der Waals surface area contributed by atoms with Crippen molar-refractivity contribution in [1.82, 2.24) is 15.1 Å². The first kappa shape index (κ1) is 17.4. The largest absolute Gasteiger partial charge is 0.350 e. The van der Waals surface area contributed by atoms with Crippen molar-refractivity contribution in [1.29, 1.82) is 0 Å². The van der Waals surface area contributed by atoms with Gasteiger partial charge in [-0.15, -0.1) is 0 Å². The van der Waals surface area contributed by atoms with E-state index in [-0.39, 0.29) is 11.5 Å². The normalized spacial score (nSPS) is 12.1. The van der Waals surface area contributed by atoms with Crippen LogP contribution in [0.5, 0.6) is 0 Å². The number of unbranched alkanes of at least 4 members (excludes halogenated alkanes) is 1. The van der Waals surface area contributed by atoms with Crippen molar-refractivity contribution in [2.24, 2.45) is 5.92 Å². The lowest BCUT2D eigenvalue weighted by atomic mass is 9.99. The smallest absolute Gasteiger partial charge is 0.271 e. The van der Waals surface area contributed by atoms with Gasteiger partial charge >= 0.3 is 0 Å². The van der Waals surface area contributed by atoms with Crippen molar-refractivity contribution < 1.29 is 4.79 Å². The highest BCUT2D eigenvalue weighted by atomic mass is 16.2. The maximum absolute atomic E-state index is 12.1. The SMILES string of the molecule is CCCCC(CC)CNC(=O)c1ccc(=O)n(CCC)n1. The third kappa shape index (κ3) is 5.69. The maximum atomic E-state index is 12.1. The van der Waals surface area contributed by atoms with Crippen LogP contribution in [0.3, 0.4) is 0 Å². The molecule has 1 atom stereocenters. The van der Waals surface area contributed by atoms with Crippen molar-refractivity contribution >= 4 is 5.91 Å². The summed E-state index contributed by atoms with van der Waals surface area (Å²) < 4.78 is 1.35. The maximum Gasteiger partial charge on any atom is 0.271 e. The van der Waals surface area contributed by atoms with Crippen molar-refractivity contribution in [2.75, 3.05) is 6.54 Å². The van der Waals surface area contributed by atoms with Gasteiger partial charge in [-0.05, 0) is 24.8 Å². The molecule has 1 amide bonds. The molecule has 1 aromatic heterocycles. The number of aromatic nitrogens is 2. The van der Waals surface area contributed by atoms with E-state index in [0.717, 1.165) is 19.3 Å². The molecule has 1 heterocycles. The number of carbonyl (C=O) groups excluding carboxylic acids is 1. The van der Waals surface area contributed by atoms with Crippen molar-refractivity contribution in [2.45, 2.75) is 59.4 Å². The number of nitrogens with zero attached hydrogens (tertiary/aromatic N) is 2. The van der Waals surface area contributed by atoms with Gasteiger partial charge in [0.05, 0.1) is 0 Å². The van der Waals surface area contributed by atoms with E-state index in [9.17, 15) is 9.59 Å². The van der Waals surface area contributed by atoms with E-state index < -0.39 is 0 Å².